The molecule has 0 aliphatic carbocycles. The van der Waals surface area contributed by atoms with Gasteiger partial charge in [0.25, 0.3) is 0 Å². The van der Waals surface area contributed by atoms with Crippen molar-refractivity contribution in [3.05, 3.63) is 93.5 Å². The van der Waals surface area contributed by atoms with E-state index in [0.717, 1.165) is 5.56 Å². The number of allylic oxidation sites excluding steroid dienone is 1. The van der Waals surface area contributed by atoms with Gasteiger partial charge in [0, 0.05) is 5.70 Å². The molecule has 146 valence electrons. The highest BCUT2D eigenvalue weighted by molar-refractivity contribution is 5.95. The minimum Gasteiger partial charge on any atom is -0.464 e. The third-order valence-electron chi connectivity index (χ3n) is 4.72. The molecule has 4 rings (SSSR count). The summed E-state index contributed by atoms with van der Waals surface area (Å²) in [6.45, 7) is 1.66. The van der Waals surface area contributed by atoms with Crippen molar-refractivity contribution in [3.8, 4) is 0 Å². The lowest BCUT2D eigenvalue weighted by Gasteiger charge is -2.27. The Hall–Kier alpha value is -3.87. The standard InChI is InChI=1S/C22H18N2O5/c1-13-18(21(26)29-11-14-7-3-2-4-8-14)19(24-22(27)23-13)16-12-28-17-10-6-5-9-15(17)20(16)25/h2-10,12,19H,11H2,1H3,(H2,23,24,27). The predicted octanol–water partition coefficient (Wildman–Crippen LogP) is 3.16. The number of carbonyl (C=O) groups is 2. The Kier molecular flexibility index (Phi) is 4.87. The number of fused-ring (bicyclic) bond motifs is 1. The Balaban J connectivity index is 1.70. The van der Waals surface area contributed by atoms with Crippen LogP contribution in [-0.4, -0.2) is 12.0 Å². The van der Waals surface area contributed by atoms with Crippen LogP contribution in [-0.2, 0) is 16.1 Å². The van der Waals surface area contributed by atoms with E-state index in [4.69, 9.17) is 9.15 Å². The number of hydrogen-bond acceptors (Lipinski definition) is 5. The van der Waals surface area contributed by atoms with Gasteiger partial charge in [-0.3, -0.25) is 4.79 Å². The molecule has 0 spiro atoms. The molecule has 0 fully saturated rings. The highest BCUT2D eigenvalue weighted by Gasteiger charge is 2.34. The number of benzene rings is 2. The van der Waals surface area contributed by atoms with Crippen LogP contribution in [0.15, 0.2) is 81.3 Å². The highest BCUT2D eigenvalue weighted by Crippen LogP contribution is 2.27. The average molecular weight is 390 g/mol. The molecule has 0 saturated carbocycles. The van der Waals surface area contributed by atoms with Crippen molar-refractivity contribution >= 4 is 23.0 Å². The van der Waals surface area contributed by atoms with E-state index < -0.39 is 18.0 Å². The summed E-state index contributed by atoms with van der Waals surface area (Å²) < 4.78 is 11.0. The zero-order chi connectivity index (χ0) is 20.4. The van der Waals surface area contributed by atoms with Crippen LogP contribution in [0.5, 0.6) is 0 Å². The van der Waals surface area contributed by atoms with Crippen LogP contribution >= 0.6 is 0 Å². The van der Waals surface area contributed by atoms with Gasteiger partial charge >= 0.3 is 12.0 Å². The van der Waals surface area contributed by atoms with E-state index in [1.807, 2.05) is 30.3 Å². The predicted molar refractivity (Wildman–Crippen MR) is 106 cm³/mol. The van der Waals surface area contributed by atoms with E-state index in [2.05, 4.69) is 10.6 Å². The second-order valence-corrected chi connectivity index (χ2v) is 6.65. The summed E-state index contributed by atoms with van der Waals surface area (Å²) in [5.41, 5.74) is 1.57. The lowest BCUT2D eigenvalue weighted by atomic mass is 9.96. The molecular weight excluding hydrogens is 372 g/mol. The van der Waals surface area contributed by atoms with Crippen molar-refractivity contribution in [2.24, 2.45) is 0 Å². The number of hydrogen-bond donors (Lipinski definition) is 2. The van der Waals surface area contributed by atoms with Crippen molar-refractivity contribution in [1.29, 1.82) is 0 Å². The first-order valence-corrected chi connectivity index (χ1v) is 9.04. The van der Waals surface area contributed by atoms with Gasteiger partial charge in [-0.05, 0) is 24.6 Å². The summed E-state index contributed by atoms with van der Waals surface area (Å²) in [6, 6.07) is 14.5. The van der Waals surface area contributed by atoms with E-state index in [0.29, 0.717) is 16.7 Å². The van der Waals surface area contributed by atoms with E-state index >= 15 is 0 Å². The molecule has 1 aliphatic heterocycles. The van der Waals surface area contributed by atoms with Crippen LogP contribution < -0.4 is 16.1 Å². The molecule has 1 aromatic heterocycles. The Morgan fingerprint density at radius 3 is 2.59 bits per heavy atom. The number of ether oxygens (including phenoxy) is 1. The fraction of sp³-hybridized carbons (Fsp3) is 0.136. The number of esters is 1. The molecule has 2 aromatic carbocycles. The summed E-state index contributed by atoms with van der Waals surface area (Å²) in [4.78, 5) is 37.9. The third-order valence-corrected chi connectivity index (χ3v) is 4.72. The van der Waals surface area contributed by atoms with E-state index in [-0.39, 0.29) is 23.2 Å². The van der Waals surface area contributed by atoms with Crippen LogP contribution in [0.3, 0.4) is 0 Å². The van der Waals surface area contributed by atoms with Crippen LogP contribution in [0.2, 0.25) is 0 Å². The number of amides is 2. The topological polar surface area (TPSA) is 97.6 Å². The Bertz CT molecular complexity index is 1180. The molecule has 0 radical (unpaired) electrons. The second-order valence-electron chi connectivity index (χ2n) is 6.65. The lowest BCUT2D eigenvalue weighted by molar-refractivity contribution is -0.140. The van der Waals surface area contributed by atoms with Crippen LogP contribution in [0.1, 0.15) is 24.1 Å². The quantitative estimate of drug-likeness (QED) is 0.667. The summed E-state index contributed by atoms with van der Waals surface area (Å²) in [7, 11) is 0. The maximum atomic E-state index is 13.0. The molecule has 3 aromatic rings. The van der Waals surface area contributed by atoms with Crippen molar-refractivity contribution < 1.29 is 18.7 Å². The third kappa shape index (κ3) is 3.62. The second kappa shape index (κ2) is 7.63. The van der Waals surface area contributed by atoms with Crippen molar-refractivity contribution in [2.45, 2.75) is 19.6 Å². The summed E-state index contributed by atoms with van der Waals surface area (Å²) in [5, 5.41) is 5.56. The maximum Gasteiger partial charge on any atom is 0.338 e. The molecule has 1 atom stereocenters. The molecular formula is C22H18N2O5. The molecule has 29 heavy (non-hydrogen) atoms. The number of carbonyl (C=O) groups excluding carboxylic acids is 2. The lowest BCUT2D eigenvalue weighted by Crippen LogP contribution is -2.46. The molecule has 7 heteroatoms. The van der Waals surface area contributed by atoms with Gasteiger partial charge in [0.05, 0.1) is 22.6 Å². The van der Waals surface area contributed by atoms with Gasteiger partial charge in [-0.25, -0.2) is 9.59 Å². The zero-order valence-corrected chi connectivity index (χ0v) is 15.6. The molecule has 2 amide bonds. The van der Waals surface area contributed by atoms with E-state index in [9.17, 15) is 14.4 Å². The van der Waals surface area contributed by atoms with Crippen molar-refractivity contribution in [3.63, 3.8) is 0 Å². The summed E-state index contributed by atoms with van der Waals surface area (Å²) in [5.74, 6) is -0.628. The first-order valence-electron chi connectivity index (χ1n) is 9.04. The largest absolute Gasteiger partial charge is 0.464 e. The van der Waals surface area contributed by atoms with Crippen LogP contribution in [0, 0.1) is 0 Å². The van der Waals surface area contributed by atoms with Crippen molar-refractivity contribution in [2.75, 3.05) is 0 Å². The van der Waals surface area contributed by atoms with E-state index in [1.54, 1.807) is 31.2 Å². The fourth-order valence-corrected chi connectivity index (χ4v) is 3.29. The molecule has 0 bridgehead atoms. The monoisotopic (exact) mass is 390 g/mol. The first kappa shape index (κ1) is 18.5. The summed E-state index contributed by atoms with van der Waals surface area (Å²) in [6.07, 6.45) is 1.28. The van der Waals surface area contributed by atoms with Crippen LogP contribution in [0.4, 0.5) is 4.79 Å². The molecule has 0 saturated heterocycles. The molecule has 2 heterocycles. The smallest absolute Gasteiger partial charge is 0.338 e. The number of rotatable bonds is 4. The van der Waals surface area contributed by atoms with Gasteiger partial charge in [-0.1, -0.05) is 42.5 Å². The fourth-order valence-electron chi connectivity index (χ4n) is 3.29. The first-order chi connectivity index (χ1) is 14.0. The molecule has 1 unspecified atom stereocenters. The van der Waals surface area contributed by atoms with Gasteiger partial charge in [0.2, 0.25) is 0 Å². The average Bonchev–Trinajstić information content (AvgIpc) is 2.73. The van der Waals surface area contributed by atoms with Crippen molar-refractivity contribution in [1.82, 2.24) is 10.6 Å². The molecule has 2 N–H and O–H groups in total. The minimum atomic E-state index is -0.979. The molecule has 1 aliphatic rings. The van der Waals surface area contributed by atoms with Crippen LogP contribution in [0.25, 0.3) is 11.0 Å². The Labute approximate surface area is 166 Å². The van der Waals surface area contributed by atoms with Gasteiger partial charge < -0.3 is 19.8 Å². The van der Waals surface area contributed by atoms with Gasteiger partial charge in [0.15, 0.2) is 5.43 Å². The molecule has 7 nitrogen and oxygen atoms in total. The zero-order valence-electron chi connectivity index (χ0n) is 15.6. The number of urea groups is 1. The van der Waals surface area contributed by atoms with Gasteiger partial charge in [0.1, 0.15) is 18.5 Å². The highest BCUT2D eigenvalue weighted by atomic mass is 16.5. The number of nitrogens with one attached hydrogen (secondary N) is 2. The van der Waals surface area contributed by atoms with E-state index in [1.165, 1.54) is 6.26 Å². The maximum absolute atomic E-state index is 13.0. The Morgan fingerprint density at radius 2 is 1.79 bits per heavy atom. The Morgan fingerprint density at radius 1 is 1.07 bits per heavy atom. The SMILES string of the molecule is CC1=C(C(=O)OCc2ccccc2)C(c2coc3ccccc3c2=O)NC(=O)N1. The minimum absolute atomic E-state index is 0.0729. The van der Waals surface area contributed by atoms with Gasteiger partial charge in [-0.15, -0.1) is 0 Å². The summed E-state index contributed by atoms with van der Waals surface area (Å²) >= 11 is 0. The van der Waals surface area contributed by atoms with Gasteiger partial charge in [-0.2, -0.15) is 0 Å². The normalized spacial score (nSPS) is 16.3. The number of para-hydroxylation sites is 1.